The number of esters is 1. The molecular formula is C77H149NO5. The molecule has 0 aromatic carbocycles. The topological polar surface area (TPSA) is 95.9 Å². The maximum Gasteiger partial charge on any atom is 0.305 e. The number of nitrogens with one attached hydrogen (secondary N) is 1. The third-order valence-electron chi connectivity index (χ3n) is 18.0. The molecule has 0 aromatic rings. The number of carbonyl (C=O) groups excluding carboxylic acids is 2. The summed E-state index contributed by atoms with van der Waals surface area (Å²) in [6.45, 7) is 4.95. The van der Waals surface area contributed by atoms with E-state index in [2.05, 4.69) is 31.3 Å². The summed E-state index contributed by atoms with van der Waals surface area (Å²) in [6.07, 6.45) is 92.9. The normalized spacial score (nSPS) is 12.6. The molecule has 6 heteroatoms. The van der Waals surface area contributed by atoms with Crippen LogP contribution in [0.5, 0.6) is 0 Å². The smallest absolute Gasteiger partial charge is 0.305 e. The molecule has 0 aliphatic heterocycles. The largest absolute Gasteiger partial charge is 0.466 e. The summed E-state index contributed by atoms with van der Waals surface area (Å²) in [5.41, 5.74) is 0. The molecule has 6 nitrogen and oxygen atoms in total. The van der Waals surface area contributed by atoms with Crippen molar-refractivity contribution in [2.45, 2.75) is 443 Å². The first-order valence-corrected chi connectivity index (χ1v) is 38.1. The van der Waals surface area contributed by atoms with Gasteiger partial charge in [0.05, 0.1) is 25.4 Å². The summed E-state index contributed by atoms with van der Waals surface area (Å²) in [7, 11) is 0. The van der Waals surface area contributed by atoms with Crippen molar-refractivity contribution in [3.05, 3.63) is 24.3 Å². The number of carbonyl (C=O) groups is 2. The second-order valence-corrected chi connectivity index (χ2v) is 26.3. The van der Waals surface area contributed by atoms with Crippen molar-refractivity contribution >= 4 is 11.9 Å². The molecule has 3 N–H and O–H groups in total. The van der Waals surface area contributed by atoms with Crippen LogP contribution in [-0.4, -0.2) is 47.4 Å². The number of rotatable bonds is 72. The van der Waals surface area contributed by atoms with E-state index in [1.807, 2.05) is 6.08 Å². The quantitative estimate of drug-likeness (QED) is 0.0320. The zero-order chi connectivity index (χ0) is 59.9. The van der Waals surface area contributed by atoms with Crippen molar-refractivity contribution in [2.24, 2.45) is 0 Å². The number of hydrogen-bond donors (Lipinski definition) is 3. The summed E-state index contributed by atoms with van der Waals surface area (Å²) in [4.78, 5) is 24.6. The van der Waals surface area contributed by atoms with Gasteiger partial charge in [-0.05, 0) is 57.8 Å². The molecule has 2 atom stereocenters. The van der Waals surface area contributed by atoms with Crippen LogP contribution in [0.4, 0.5) is 0 Å². The summed E-state index contributed by atoms with van der Waals surface area (Å²) < 4.78 is 5.49. The van der Waals surface area contributed by atoms with E-state index in [-0.39, 0.29) is 18.5 Å². The highest BCUT2D eigenvalue weighted by molar-refractivity contribution is 5.76. The average Bonchev–Trinajstić information content (AvgIpc) is 3.49. The van der Waals surface area contributed by atoms with Crippen LogP contribution < -0.4 is 5.32 Å². The minimum absolute atomic E-state index is 0.0208. The predicted molar refractivity (Wildman–Crippen MR) is 366 cm³/mol. The van der Waals surface area contributed by atoms with Gasteiger partial charge >= 0.3 is 5.97 Å². The Kier molecular flexibility index (Phi) is 71.4. The molecule has 0 fully saturated rings. The lowest BCUT2D eigenvalue weighted by Gasteiger charge is -2.20. The first-order valence-electron chi connectivity index (χ1n) is 38.1. The van der Waals surface area contributed by atoms with Gasteiger partial charge in [0.15, 0.2) is 0 Å². The van der Waals surface area contributed by atoms with Crippen LogP contribution in [-0.2, 0) is 14.3 Å². The van der Waals surface area contributed by atoms with Gasteiger partial charge in [-0.15, -0.1) is 0 Å². The summed E-state index contributed by atoms with van der Waals surface area (Å²) in [5.74, 6) is -0.0397. The average molecular weight is 1170 g/mol. The zero-order valence-electron chi connectivity index (χ0n) is 56.5. The lowest BCUT2D eigenvalue weighted by molar-refractivity contribution is -0.143. The Bertz CT molecular complexity index is 1300. The van der Waals surface area contributed by atoms with Gasteiger partial charge in [0.25, 0.3) is 0 Å². The van der Waals surface area contributed by atoms with Crippen molar-refractivity contribution < 1.29 is 24.5 Å². The molecule has 0 rings (SSSR count). The van der Waals surface area contributed by atoms with Gasteiger partial charge in [-0.2, -0.15) is 0 Å². The fourth-order valence-corrected chi connectivity index (χ4v) is 12.2. The van der Waals surface area contributed by atoms with Crippen molar-refractivity contribution in [3.63, 3.8) is 0 Å². The Balaban J connectivity index is 3.37. The van der Waals surface area contributed by atoms with Crippen LogP contribution >= 0.6 is 0 Å². The summed E-state index contributed by atoms with van der Waals surface area (Å²) >= 11 is 0. The lowest BCUT2D eigenvalue weighted by atomic mass is 10.0. The van der Waals surface area contributed by atoms with E-state index in [1.165, 1.54) is 366 Å². The molecule has 2 unspecified atom stereocenters. The van der Waals surface area contributed by atoms with E-state index in [0.29, 0.717) is 19.4 Å². The van der Waals surface area contributed by atoms with Crippen molar-refractivity contribution in [2.75, 3.05) is 13.2 Å². The monoisotopic (exact) mass is 1170 g/mol. The highest BCUT2D eigenvalue weighted by atomic mass is 16.5. The highest BCUT2D eigenvalue weighted by Gasteiger charge is 2.18. The van der Waals surface area contributed by atoms with E-state index >= 15 is 0 Å². The summed E-state index contributed by atoms with van der Waals surface area (Å²) in [6, 6.07) is -0.626. The second kappa shape index (κ2) is 72.8. The molecule has 0 aliphatic carbocycles. The molecule has 0 spiro atoms. The number of aliphatic hydroxyl groups excluding tert-OH is 2. The maximum atomic E-state index is 12.5. The minimum Gasteiger partial charge on any atom is -0.466 e. The molecule has 492 valence electrons. The Labute approximate surface area is 520 Å². The number of allylic oxidation sites excluding steroid dienone is 3. The van der Waals surface area contributed by atoms with Gasteiger partial charge in [0, 0.05) is 12.8 Å². The zero-order valence-corrected chi connectivity index (χ0v) is 56.5. The first kappa shape index (κ1) is 81.3. The molecule has 0 aromatic heterocycles. The van der Waals surface area contributed by atoms with Crippen LogP contribution in [0, 0.1) is 0 Å². The van der Waals surface area contributed by atoms with Crippen LogP contribution in [0.1, 0.15) is 431 Å². The van der Waals surface area contributed by atoms with Crippen molar-refractivity contribution in [1.29, 1.82) is 0 Å². The molecule has 0 bridgehead atoms. The van der Waals surface area contributed by atoms with Crippen molar-refractivity contribution in [1.82, 2.24) is 5.32 Å². The third kappa shape index (κ3) is 69.3. The molecule has 0 radical (unpaired) electrons. The Morgan fingerprint density at radius 3 is 0.855 bits per heavy atom. The van der Waals surface area contributed by atoms with E-state index in [9.17, 15) is 19.8 Å². The van der Waals surface area contributed by atoms with Crippen molar-refractivity contribution in [3.8, 4) is 0 Å². The third-order valence-corrected chi connectivity index (χ3v) is 18.0. The van der Waals surface area contributed by atoms with Crippen LogP contribution in [0.25, 0.3) is 0 Å². The second-order valence-electron chi connectivity index (χ2n) is 26.3. The SMILES string of the molecule is CCCCCCCCCCCCCCCCCCCC/C=C/C(O)C(CO)NC(=O)CCCCCCCCCCCCCCCCCCC/C=C\CCCCCCCCCCCCCCOC(=O)CCCCCCCCCCCCCCC. The number of hydrogen-bond acceptors (Lipinski definition) is 5. The molecule has 1 amide bonds. The number of ether oxygens (including phenoxy) is 1. The van der Waals surface area contributed by atoms with Gasteiger partial charge < -0.3 is 20.3 Å². The standard InChI is InChI=1S/C77H149NO5/c1-3-5-7-9-11-13-15-17-18-19-20-36-39-42-46-49-53-57-61-65-69-75(80)74(73-79)78-76(81)70-66-62-58-54-50-47-43-40-37-34-32-30-28-26-24-22-21-23-25-27-29-31-33-35-38-41-44-48-52-56-60-64-68-72-83-77(82)71-67-63-59-55-51-45-16-14-12-10-8-6-4-2/h25,27,65,69,74-75,79-80H,3-24,26,28-64,66-68,70-73H2,1-2H3,(H,78,81)/b27-25-,69-65+. The Morgan fingerprint density at radius 1 is 0.325 bits per heavy atom. The Morgan fingerprint density at radius 2 is 0.566 bits per heavy atom. The fourth-order valence-electron chi connectivity index (χ4n) is 12.2. The highest BCUT2D eigenvalue weighted by Crippen LogP contribution is 2.19. The number of amides is 1. The van der Waals surface area contributed by atoms with E-state index < -0.39 is 12.1 Å². The van der Waals surface area contributed by atoms with E-state index in [4.69, 9.17) is 4.74 Å². The lowest BCUT2D eigenvalue weighted by Crippen LogP contribution is -2.45. The Hall–Kier alpha value is -1.66. The van der Waals surface area contributed by atoms with Gasteiger partial charge in [0.1, 0.15) is 0 Å². The summed E-state index contributed by atoms with van der Waals surface area (Å²) in [5, 5.41) is 23.3. The fraction of sp³-hybridized carbons (Fsp3) is 0.922. The van der Waals surface area contributed by atoms with Gasteiger partial charge in [-0.25, -0.2) is 0 Å². The van der Waals surface area contributed by atoms with Gasteiger partial charge in [-0.3, -0.25) is 9.59 Å². The molecule has 0 heterocycles. The number of aliphatic hydroxyl groups is 2. The first-order chi connectivity index (χ1) is 41.0. The molecule has 0 saturated heterocycles. The van der Waals surface area contributed by atoms with Gasteiger partial charge in [0.2, 0.25) is 5.91 Å². The molecule has 0 aliphatic rings. The molecular weight excluding hydrogens is 1020 g/mol. The minimum atomic E-state index is -0.843. The van der Waals surface area contributed by atoms with Crippen LogP contribution in [0.3, 0.4) is 0 Å². The molecule has 83 heavy (non-hydrogen) atoms. The van der Waals surface area contributed by atoms with Gasteiger partial charge in [-0.1, -0.05) is 385 Å². The van der Waals surface area contributed by atoms with Crippen LogP contribution in [0.15, 0.2) is 24.3 Å². The number of unbranched alkanes of at least 4 members (excludes halogenated alkanes) is 59. The van der Waals surface area contributed by atoms with E-state index in [0.717, 1.165) is 38.5 Å². The van der Waals surface area contributed by atoms with E-state index in [1.54, 1.807) is 6.08 Å². The van der Waals surface area contributed by atoms with Crippen LogP contribution in [0.2, 0.25) is 0 Å². The maximum absolute atomic E-state index is 12.5. The molecule has 0 saturated carbocycles. The predicted octanol–water partition coefficient (Wildman–Crippen LogP) is 24.9.